The van der Waals surface area contributed by atoms with E-state index in [9.17, 15) is 19.2 Å². The molecule has 2 atom stereocenters. The number of rotatable bonds is 15. The van der Waals surface area contributed by atoms with E-state index >= 15 is 0 Å². The van der Waals surface area contributed by atoms with Crippen molar-refractivity contribution >= 4 is 29.4 Å². The minimum absolute atomic E-state index is 0.0292. The number of nitrogens with zero attached hydrogens (tertiary/aromatic N) is 2. The van der Waals surface area contributed by atoms with Crippen molar-refractivity contribution in [1.29, 1.82) is 0 Å². The SMILES string of the molecule is COCOc1ccc(N(C)C)cc1C(=O)c1ccc(C(=O)O[C@@H]2CCCN(C(=O)OC(C)(C)C)C[C@H]2NC(=O)c2cc(C(C)C)c(OCOC)c(C(C)C)c2)cc1. The van der Waals surface area contributed by atoms with E-state index < -0.39 is 29.8 Å². The van der Waals surface area contributed by atoms with Crippen LogP contribution in [0.4, 0.5) is 10.5 Å². The number of likely N-dealkylation sites (tertiary alicyclic amines) is 1. The van der Waals surface area contributed by atoms with Crippen LogP contribution in [0.25, 0.3) is 0 Å². The Kier molecular flexibility index (Phi) is 15.5. The summed E-state index contributed by atoms with van der Waals surface area (Å²) in [5, 5.41) is 3.10. The highest BCUT2D eigenvalue weighted by molar-refractivity contribution is 6.11. The van der Waals surface area contributed by atoms with Crippen molar-refractivity contribution in [3.05, 3.63) is 88.0 Å². The van der Waals surface area contributed by atoms with E-state index in [4.69, 9.17) is 28.4 Å². The molecule has 0 aromatic heterocycles. The number of nitrogens with one attached hydrogen (secondary N) is 1. The molecule has 0 bridgehead atoms. The molecule has 13 nitrogen and oxygen atoms in total. The van der Waals surface area contributed by atoms with Gasteiger partial charge in [0.15, 0.2) is 19.4 Å². The molecular weight excluding hydrogens is 730 g/mol. The third-order valence-corrected chi connectivity index (χ3v) is 9.42. The summed E-state index contributed by atoms with van der Waals surface area (Å²) < 4.78 is 33.7. The molecule has 0 radical (unpaired) electrons. The number of ether oxygens (including phenoxy) is 6. The standard InChI is InChI=1S/C44H59N3O10/c1-27(2)33-21-31(22-34(28(3)4)40(33)55-26-53-11)41(49)45-36-24-47(43(51)57-44(5,6)7)20-12-13-38(36)56-42(50)30-16-14-29(15-17-30)39(48)35-23-32(46(8)9)18-19-37(35)54-25-52-10/h14-19,21-23,27-28,36,38H,12-13,20,24-26H2,1-11H3,(H,45,49)/t36-,38-/m1/s1. The lowest BCUT2D eigenvalue weighted by atomic mass is 9.91. The summed E-state index contributed by atoms with van der Waals surface area (Å²) in [4.78, 5) is 58.4. The van der Waals surface area contributed by atoms with Gasteiger partial charge in [0.2, 0.25) is 0 Å². The van der Waals surface area contributed by atoms with Gasteiger partial charge in [-0.15, -0.1) is 0 Å². The zero-order valence-corrected chi connectivity index (χ0v) is 35.2. The van der Waals surface area contributed by atoms with E-state index in [1.807, 2.05) is 64.9 Å². The minimum atomic E-state index is -0.789. The van der Waals surface area contributed by atoms with Crippen LogP contribution in [0.15, 0.2) is 54.6 Å². The Balaban J connectivity index is 1.62. The quantitative estimate of drug-likeness (QED) is 0.0927. The van der Waals surface area contributed by atoms with E-state index in [2.05, 4.69) is 5.32 Å². The number of hydrogen-bond donors (Lipinski definition) is 1. The number of anilines is 1. The highest BCUT2D eigenvalue weighted by Crippen LogP contribution is 2.36. The van der Waals surface area contributed by atoms with E-state index in [0.29, 0.717) is 47.6 Å². The zero-order chi connectivity index (χ0) is 42.0. The lowest BCUT2D eigenvalue weighted by Gasteiger charge is -2.31. The molecule has 57 heavy (non-hydrogen) atoms. The smallest absolute Gasteiger partial charge is 0.410 e. The number of ketones is 1. The maximum atomic E-state index is 14.2. The number of methoxy groups -OCH3 is 2. The predicted molar refractivity (Wildman–Crippen MR) is 218 cm³/mol. The Bertz CT molecular complexity index is 1840. The minimum Gasteiger partial charge on any atom is -0.467 e. The van der Waals surface area contributed by atoms with Crippen LogP contribution < -0.4 is 19.7 Å². The largest absolute Gasteiger partial charge is 0.467 e. The van der Waals surface area contributed by atoms with Crippen LogP contribution in [0.1, 0.15) is 121 Å². The first-order chi connectivity index (χ1) is 26.9. The Morgan fingerprint density at radius 2 is 1.42 bits per heavy atom. The molecule has 1 aliphatic rings. The first-order valence-electron chi connectivity index (χ1n) is 19.3. The summed E-state index contributed by atoms with van der Waals surface area (Å²) in [6.07, 6.45) is -0.443. The molecule has 3 aromatic rings. The van der Waals surface area contributed by atoms with Gasteiger partial charge in [-0.2, -0.15) is 0 Å². The molecule has 0 saturated carbocycles. The lowest BCUT2D eigenvalue weighted by Crippen LogP contribution is -2.51. The Labute approximate surface area is 336 Å². The Morgan fingerprint density at radius 1 is 0.825 bits per heavy atom. The number of carbonyl (C=O) groups is 4. The van der Waals surface area contributed by atoms with Gasteiger partial charge in [0, 0.05) is 58.2 Å². The van der Waals surface area contributed by atoms with Gasteiger partial charge in [-0.3, -0.25) is 9.59 Å². The molecular formula is C44H59N3O10. The van der Waals surface area contributed by atoms with Crippen LogP contribution in [0.5, 0.6) is 11.5 Å². The lowest BCUT2D eigenvalue weighted by molar-refractivity contribution is 0.0127. The normalized spacial score (nSPS) is 15.8. The molecule has 310 valence electrons. The number of carbonyl (C=O) groups excluding carboxylic acids is 4. The van der Waals surface area contributed by atoms with E-state index in [-0.39, 0.29) is 49.2 Å². The van der Waals surface area contributed by atoms with Crippen LogP contribution in [0.3, 0.4) is 0 Å². The second-order valence-corrected chi connectivity index (χ2v) is 16.0. The van der Waals surface area contributed by atoms with Crippen molar-refractivity contribution < 1.29 is 47.6 Å². The van der Waals surface area contributed by atoms with Gasteiger partial charge in [-0.1, -0.05) is 39.8 Å². The van der Waals surface area contributed by atoms with Crippen molar-refractivity contribution in [3.8, 4) is 11.5 Å². The summed E-state index contributed by atoms with van der Waals surface area (Å²) in [5.41, 5.74) is 3.11. The van der Waals surface area contributed by atoms with Crippen LogP contribution >= 0.6 is 0 Å². The molecule has 3 aromatic carbocycles. The molecule has 1 saturated heterocycles. The average Bonchev–Trinajstić information content (AvgIpc) is 3.36. The van der Waals surface area contributed by atoms with Crippen molar-refractivity contribution in [1.82, 2.24) is 10.2 Å². The Morgan fingerprint density at radius 3 is 1.98 bits per heavy atom. The van der Waals surface area contributed by atoms with Crippen LogP contribution in [-0.4, -0.2) is 101 Å². The molecule has 1 N–H and O–H groups in total. The van der Waals surface area contributed by atoms with Gasteiger partial charge in [0.25, 0.3) is 5.91 Å². The fourth-order valence-corrected chi connectivity index (χ4v) is 6.44. The first kappa shape index (κ1) is 44.6. The summed E-state index contributed by atoms with van der Waals surface area (Å²) in [5.74, 6) is -0.187. The van der Waals surface area contributed by atoms with Crippen molar-refractivity contribution in [2.24, 2.45) is 0 Å². The maximum Gasteiger partial charge on any atom is 0.410 e. The van der Waals surface area contributed by atoms with Gasteiger partial charge >= 0.3 is 12.1 Å². The molecule has 1 aliphatic heterocycles. The molecule has 1 heterocycles. The molecule has 0 spiro atoms. The topological polar surface area (TPSA) is 142 Å². The summed E-state index contributed by atoms with van der Waals surface area (Å²) in [6.45, 7) is 13.9. The maximum absolute atomic E-state index is 14.2. The van der Waals surface area contributed by atoms with Gasteiger partial charge in [0.1, 0.15) is 23.2 Å². The van der Waals surface area contributed by atoms with Crippen LogP contribution in [0, 0.1) is 0 Å². The fourth-order valence-electron chi connectivity index (χ4n) is 6.44. The van der Waals surface area contributed by atoms with Crippen molar-refractivity contribution in [2.75, 3.05) is 59.9 Å². The van der Waals surface area contributed by atoms with Gasteiger partial charge < -0.3 is 43.5 Å². The van der Waals surface area contributed by atoms with E-state index in [1.165, 1.54) is 19.2 Å². The molecule has 0 unspecified atom stereocenters. The summed E-state index contributed by atoms with van der Waals surface area (Å²) >= 11 is 0. The second-order valence-electron chi connectivity index (χ2n) is 16.0. The third kappa shape index (κ3) is 11.9. The predicted octanol–water partition coefficient (Wildman–Crippen LogP) is 7.55. The van der Waals surface area contributed by atoms with E-state index in [1.54, 1.807) is 57.0 Å². The van der Waals surface area contributed by atoms with Gasteiger partial charge in [-0.05, 0) is 99.0 Å². The first-order valence-corrected chi connectivity index (χ1v) is 19.3. The molecule has 2 amide bonds. The zero-order valence-electron chi connectivity index (χ0n) is 35.2. The highest BCUT2D eigenvalue weighted by atomic mass is 16.7. The second kappa shape index (κ2) is 19.8. The molecule has 0 aliphatic carbocycles. The van der Waals surface area contributed by atoms with Gasteiger partial charge in [0.05, 0.1) is 17.2 Å². The van der Waals surface area contributed by atoms with Crippen LogP contribution in [0.2, 0.25) is 0 Å². The molecule has 1 fully saturated rings. The number of esters is 1. The number of amides is 2. The number of hydrogen-bond acceptors (Lipinski definition) is 11. The average molecular weight is 790 g/mol. The summed E-state index contributed by atoms with van der Waals surface area (Å²) in [7, 11) is 6.81. The monoisotopic (exact) mass is 789 g/mol. The Hall–Kier alpha value is -5.14. The van der Waals surface area contributed by atoms with Crippen molar-refractivity contribution in [2.45, 2.75) is 90.9 Å². The molecule has 4 rings (SSSR count). The van der Waals surface area contributed by atoms with E-state index in [0.717, 1.165) is 16.8 Å². The van der Waals surface area contributed by atoms with Gasteiger partial charge in [-0.25, -0.2) is 9.59 Å². The highest BCUT2D eigenvalue weighted by Gasteiger charge is 2.35. The third-order valence-electron chi connectivity index (χ3n) is 9.42. The molecule has 13 heteroatoms. The summed E-state index contributed by atoms with van der Waals surface area (Å²) in [6, 6.07) is 14.4. The number of benzene rings is 3. The van der Waals surface area contributed by atoms with Crippen molar-refractivity contribution in [3.63, 3.8) is 0 Å². The van der Waals surface area contributed by atoms with Crippen LogP contribution in [-0.2, 0) is 18.9 Å². The fraction of sp³-hybridized carbons (Fsp3) is 0.500.